The minimum absolute atomic E-state index is 0.162. The number of ether oxygens (including phenoxy) is 1. The van der Waals surface area contributed by atoms with E-state index in [4.69, 9.17) is 4.74 Å². The molecular formula is C22H34O4. The Morgan fingerprint density at radius 1 is 1.23 bits per heavy atom. The molecule has 146 valence electrons. The van der Waals surface area contributed by atoms with Gasteiger partial charge in [-0.2, -0.15) is 0 Å². The number of rotatable bonds is 1. The van der Waals surface area contributed by atoms with Gasteiger partial charge in [0.15, 0.2) is 0 Å². The van der Waals surface area contributed by atoms with Crippen molar-refractivity contribution in [3.8, 4) is 0 Å². The first-order valence-corrected chi connectivity index (χ1v) is 10.1. The van der Waals surface area contributed by atoms with Gasteiger partial charge in [0.05, 0.1) is 6.10 Å². The third-order valence-corrected chi connectivity index (χ3v) is 7.44. The van der Waals surface area contributed by atoms with E-state index < -0.39 is 12.2 Å². The van der Waals surface area contributed by atoms with Crippen molar-refractivity contribution in [2.45, 2.75) is 84.5 Å². The number of aliphatic hydroxyl groups is 2. The number of carbonyl (C=O) groups is 1. The van der Waals surface area contributed by atoms with E-state index in [1.807, 2.05) is 0 Å². The molecule has 0 radical (unpaired) electrons. The Morgan fingerprint density at radius 2 is 1.92 bits per heavy atom. The minimum Gasteiger partial charge on any atom is -0.458 e. The molecule has 2 bridgehead atoms. The van der Waals surface area contributed by atoms with Crippen LogP contribution in [0.5, 0.6) is 0 Å². The smallest absolute Gasteiger partial charge is 0.303 e. The number of aliphatic hydroxyl groups excluding tert-OH is 2. The summed E-state index contributed by atoms with van der Waals surface area (Å²) in [6.07, 6.45) is 3.59. The fraction of sp³-hybridized carbons (Fsp3) is 0.773. The number of carbonyl (C=O) groups excluding carboxylic acids is 1. The zero-order valence-corrected chi connectivity index (χ0v) is 16.6. The molecule has 3 aliphatic carbocycles. The first-order valence-electron chi connectivity index (χ1n) is 10.1. The van der Waals surface area contributed by atoms with Crippen molar-refractivity contribution in [1.29, 1.82) is 0 Å². The molecule has 0 unspecified atom stereocenters. The number of hydrogen-bond acceptors (Lipinski definition) is 4. The Kier molecular flexibility index (Phi) is 5.38. The number of hydrogen-bond donors (Lipinski definition) is 2. The van der Waals surface area contributed by atoms with Gasteiger partial charge in [-0.05, 0) is 74.3 Å². The average molecular weight is 363 g/mol. The molecule has 0 spiro atoms. The zero-order valence-electron chi connectivity index (χ0n) is 16.6. The van der Waals surface area contributed by atoms with Crippen LogP contribution in [0.1, 0.15) is 66.2 Å². The summed E-state index contributed by atoms with van der Waals surface area (Å²) in [6, 6.07) is 0. The second kappa shape index (κ2) is 7.12. The first kappa shape index (κ1) is 19.6. The van der Waals surface area contributed by atoms with Crippen LogP contribution in [0.15, 0.2) is 23.3 Å². The highest BCUT2D eigenvalue weighted by atomic mass is 16.5. The average Bonchev–Trinajstić information content (AvgIpc) is 2.93. The Balaban J connectivity index is 2.05. The van der Waals surface area contributed by atoms with Crippen molar-refractivity contribution in [3.63, 3.8) is 0 Å². The van der Waals surface area contributed by atoms with Crippen LogP contribution in [0.2, 0.25) is 0 Å². The van der Waals surface area contributed by atoms with Gasteiger partial charge >= 0.3 is 5.97 Å². The van der Waals surface area contributed by atoms with Crippen molar-refractivity contribution in [2.75, 3.05) is 0 Å². The van der Waals surface area contributed by atoms with Gasteiger partial charge < -0.3 is 14.9 Å². The Bertz CT molecular complexity index is 622. The van der Waals surface area contributed by atoms with Gasteiger partial charge in [0.2, 0.25) is 0 Å². The predicted octanol–water partition coefficient (Wildman–Crippen LogP) is 3.77. The van der Waals surface area contributed by atoms with Gasteiger partial charge in [-0.15, -0.1) is 0 Å². The molecule has 26 heavy (non-hydrogen) atoms. The third-order valence-electron chi connectivity index (χ3n) is 7.44. The molecule has 0 saturated heterocycles. The summed E-state index contributed by atoms with van der Waals surface area (Å²) in [5.41, 5.74) is 2.90. The second-order valence-electron chi connectivity index (χ2n) is 9.12. The number of esters is 1. The van der Waals surface area contributed by atoms with Crippen LogP contribution in [0.3, 0.4) is 0 Å². The van der Waals surface area contributed by atoms with E-state index in [0.717, 1.165) is 49.7 Å². The van der Waals surface area contributed by atoms with E-state index >= 15 is 0 Å². The van der Waals surface area contributed by atoms with Crippen molar-refractivity contribution in [3.05, 3.63) is 23.3 Å². The maximum absolute atomic E-state index is 11.7. The summed E-state index contributed by atoms with van der Waals surface area (Å²) < 4.78 is 5.66. The van der Waals surface area contributed by atoms with Crippen LogP contribution in [0.25, 0.3) is 0 Å². The third kappa shape index (κ3) is 3.16. The summed E-state index contributed by atoms with van der Waals surface area (Å²) >= 11 is 0. The lowest BCUT2D eigenvalue weighted by Crippen LogP contribution is -2.50. The fourth-order valence-electron chi connectivity index (χ4n) is 5.85. The Morgan fingerprint density at radius 3 is 2.58 bits per heavy atom. The largest absolute Gasteiger partial charge is 0.458 e. The molecule has 1 fully saturated rings. The molecule has 0 aromatic heterocycles. The second-order valence-corrected chi connectivity index (χ2v) is 9.12. The van der Waals surface area contributed by atoms with E-state index in [-0.39, 0.29) is 29.3 Å². The molecule has 0 aromatic rings. The molecule has 7 atom stereocenters. The van der Waals surface area contributed by atoms with E-state index in [9.17, 15) is 15.0 Å². The molecule has 1 saturated carbocycles. The SMILES string of the molecule is C=C1[C@@H](OC(C)=O)CC[C@H](C)CCC2=C(C)[C@@H]3[C@H]1CC[C@]3(C)[C@@H](O)[C@@H]2O. The molecule has 4 heteroatoms. The molecule has 4 nitrogen and oxygen atoms in total. The molecule has 2 N–H and O–H groups in total. The van der Waals surface area contributed by atoms with Gasteiger partial charge in [0.1, 0.15) is 12.2 Å². The highest BCUT2D eigenvalue weighted by Gasteiger charge is 2.56. The maximum atomic E-state index is 11.7. The van der Waals surface area contributed by atoms with Crippen molar-refractivity contribution in [1.82, 2.24) is 0 Å². The van der Waals surface area contributed by atoms with Crippen molar-refractivity contribution >= 4 is 5.97 Å². The molecule has 0 aromatic carbocycles. The van der Waals surface area contributed by atoms with Crippen molar-refractivity contribution in [2.24, 2.45) is 23.2 Å². The van der Waals surface area contributed by atoms with Crippen LogP contribution >= 0.6 is 0 Å². The van der Waals surface area contributed by atoms with Gasteiger partial charge in [0, 0.05) is 12.3 Å². The molecule has 3 aliphatic rings. The zero-order chi connectivity index (χ0) is 19.2. The van der Waals surface area contributed by atoms with E-state index in [1.54, 1.807) is 0 Å². The van der Waals surface area contributed by atoms with E-state index in [2.05, 4.69) is 27.4 Å². The molecule has 0 heterocycles. The van der Waals surface area contributed by atoms with Gasteiger partial charge in [-0.25, -0.2) is 0 Å². The number of allylic oxidation sites excluding steroid dienone is 1. The molecule has 0 amide bonds. The van der Waals surface area contributed by atoms with Crippen molar-refractivity contribution < 1.29 is 19.7 Å². The highest BCUT2D eigenvalue weighted by Crippen LogP contribution is 2.59. The summed E-state index contributed by atoms with van der Waals surface area (Å²) in [7, 11) is 0. The lowest BCUT2D eigenvalue weighted by atomic mass is 9.61. The highest BCUT2D eigenvalue weighted by molar-refractivity contribution is 5.66. The summed E-state index contributed by atoms with van der Waals surface area (Å²) in [5.74, 6) is 0.563. The standard InChI is InChI=1S/C22H34O4/c1-12-6-8-17-14(3)19-16(10-11-22(19,5)21(25)20(17)24)13(2)18(9-7-12)26-15(4)23/h12,16,18-21,24-25H,2,6-11H2,1,3-5H3/t12-,16+,18+,19-,20-,21+,22+/m1/s1. The van der Waals surface area contributed by atoms with Gasteiger partial charge in [0.25, 0.3) is 0 Å². The first-order chi connectivity index (χ1) is 12.2. The topological polar surface area (TPSA) is 66.8 Å². The van der Waals surface area contributed by atoms with Crippen LogP contribution in [0, 0.1) is 23.2 Å². The molecule has 0 aliphatic heterocycles. The summed E-state index contributed by atoms with van der Waals surface area (Å²) in [5, 5.41) is 21.8. The predicted molar refractivity (Wildman–Crippen MR) is 101 cm³/mol. The monoisotopic (exact) mass is 362 g/mol. The Hall–Kier alpha value is -1.13. The normalized spacial score (nSPS) is 43.8. The quantitative estimate of drug-likeness (QED) is 0.550. The Labute approximate surface area is 157 Å². The fourth-order valence-corrected chi connectivity index (χ4v) is 5.85. The van der Waals surface area contributed by atoms with Crippen LogP contribution in [-0.2, 0) is 9.53 Å². The van der Waals surface area contributed by atoms with E-state index in [0.29, 0.717) is 5.92 Å². The van der Waals surface area contributed by atoms with Gasteiger partial charge in [-0.3, -0.25) is 4.79 Å². The van der Waals surface area contributed by atoms with Crippen LogP contribution in [0.4, 0.5) is 0 Å². The maximum Gasteiger partial charge on any atom is 0.303 e. The lowest BCUT2D eigenvalue weighted by molar-refractivity contribution is -0.145. The lowest BCUT2D eigenvalue weighted by Gasteiger charge is -2.47. The molecule has 3 rings (SSSR count). The van der Waals surface area contributed by atoms with E-state index in [1.165, 1.54) is 12.5 Å². The van der Waals surface area contributed by atoms with Crippen LogP contribution in [-0.4, -0.2) is 34.5 Å². The van der Waals surface area contributed by atoms with Gasteiger partial charge in [-0.1, -0.05) is 26.0 Å². The minimum atomic E-state index is -0.763. The summed E-state index contributed by atoms with van der Waals surface area (Å²) in [4.78, 5) is 11.7. The summed E-state index contributed by atoms with van der Waals surface area (Å²) in [6.45, 7) is 12.3. The molecular weight excluding hydrogens is 328 g/mol. The van der Waals surface area contributed by atoms with Crippen LogP contribution < -0.4 is 0 Å².